The van der Waals surface area contributed by atoms with Crippen LogP contribution in [0.2, 0.25) is 0 Å². The van der Waals surface area contributed by atoms with E-state index in [0.29, 0.717) is 18.1 Å². The maximum atomic E-state index is 13.5. The first-order valence-electron chi connectivity index (χ1n) is 5.12. The van der Waals surface area contributed by atoms with Gasteiger partial charge in [0.1, 0.15) is 5.82 Å². The topological polar surface area (TPSA) is 37.8 Å². The van der Waals surface area contributed by atoms with E-state index in [4.69, 9.17) is 0 Å². The fraction of sp³-hybridized carbons (Fsp3) is 0.167. The Balaban J connectivity index is 2.07. The van der Waals surface area contributed by atoms with Crippen LogP contribution < -0.4 is 5.32 Å². The van der Waals surface area contributed by atoms with E-state index >= 15 is 0 Å². The van der Waals surface area contributed by atoms with Crippen LogP contribution >= 0.6 is 15.9 Å². The smallest absolute Gasteiger partial charge is 0.223 e. The van der Waals surface area contributed by atoms with E-state index in [1.165, 1.54) is 6.07 Å². The molecule has 0 saturated carbocycles. The van der Waals surface area contributed by atoms with Crippen molar-refractivity contribution in [3.05, 3.63) is 52.0 Å². The highest BCUT2D eigenvalue weighted by atomic mass is 79.9. The van der Waals surface area contributed by atoms with Gasteiger partial charge in [0, 0.05) is 28.5 Å². The van der Waals surface area contributed by atoms with Gasteiger partial charge >= 0.3 is 0 Å². The highest BCUT2D eigenvalue weighted by Gasteiger charge is 2.03. The van der Waals surface area contributed by atoms with Crippen LogP contribution in [-0.4, -0.2) is 9.97 Å². The van der Waals surface area contributed by atoms with Gasteiger partial charge in [-0.25, -0.2) is 14.4 Å². The molecule has 0 unspecified atom stereocenters. The van der Waals surface area contributed by atoms with Gasteiger partial charge in [0.05, 0.1) is 0 Å². The molecule has 0 aliphatic heterocycles. The number of anilines is 1. The summed E-state index contributed by atoms with van der Waals surface area (Å²) in [7, 11) is 0. The Morgan fingerprint density at radius 1 is 1.35 bits per heavy atom. The Kier molecular flexibility index (Phi) is 3.68. The summed E-state index contributed by atoms with van der Waals surface area (Å²) < 4.78 is 14.2. The third-order valence-corrected chi connectivity index (χ3v) is 2.74. The Morgan fingerprint density at radius 2 is 2.18 bits per heavy atom. The molecule has 17 heavy (non-hydrogen) atoms. The van der Waals surface area contributed by atoms with E-state index in [1.54, 1.807) is 18.3 Å². The SMILES string of the molecule is Cc1ccnc(NCc2ccc(Br)cc2F)n1. The van der Waals surface area contributed by atoms with E-state index < -0.39 is 0 Å². The van der Waals surface area contributed by atoms with Gasteiger partial charge in [0.2, 0.25) is 5.95 Å². The van der Waals surface area contributed by atoms with Crippen LogP contribution in [-0.2, 0) is 6.54 Å². The lowest BCUT2D eigenvalue weighted by molar-refractivity contribution is 0.612. The molecule has 1 aromatic heterocycles. The zero-order valence-electron chi connectivity index (χ0n) is 9.24. The first-order chi connectivity index (χ1) is 8.15. The van der Waals surface area contributed by atoms with E-state index in [1.807, 2.05) is 13.0 Å². The van der Waals surface area contributed by atoms with Gasteiger partial charge in [-0.3, -0.25) is 0 Å². The van der Waals surface area contributed by atoms with Gasteiger partial charge in [-0.05, 0) is 25.1 Å². The molecule has 0 aliphatic carbocycles. The van der Waals surface area contributed by atoms with Gasteiger partial charge in [0.25, 0.3) is 0 Å². The molecule has 0 spiro atoms. The summed E-state index contributed by atoms with van der Waals surface area (Å²) in [6, 6.07) is 6.78. The second kappa shape index (κ2) is 5.23. The van der Waals surface area contributed by atoms with Crippen LogP contribution in [0.1, 0.15) is 11.3 Å². The van der Waals surface area contributed by atoms with Gasteiger partial charge < -0.3 is 5.32 Å². The standard InChI is InChI=1S/C12H11BrFN3/c1-8-4-5-15-12(17-8)16-7-9-2-3-10(13)6-11(9)14/h2-6H,7H2,1H3,(H,15,16,17). The van der Waals surface area contributed by atoms with Crippen molar-refractivity contribution in [1.82, 2.24) is 9.97 Å². The third kappa shape index (κ3) is 3.23. The second-order valence-electron chi connectivity index (χ2n) is 3.61. The van der Waals surface area contributed by atoms with Crippen molar-refractivity contribution in [3.63, 3.8) is 0 Å². The Hall–Kier alpha value is -1.49. The molecule has 5 heteroatoms. The number of nitrogens with zero attached hydrogens (tertiary/aromatic N) is 2. The van der Waals surface area contributed by atoms with Crippen molar-refractivity contribution in [1.29, 1.82) is 0 Å². The maximum Gasteiger partial charge on any atom is 0.223 e. The number of rotatable bonds is 3. The van der Waals surface area contributed by atoms with E-state index in [2.05, 4.69) is 31.2 Å². The van der Waals surface area contributed by atoms with E-state index in [0.717, 1.165) is 10.2 Å². The van der Waals surface area contributed by atoms with Crippen molar-refractivity contribution in [2.45, 2.75) is 13.5 Å². The Bertz CT molecular complexity index is 531. The van der Waals surface area contributed by atoms with Crippen LogP contribution in [0.15, 0.2) is 34.9 Å². The molecule has 0 saturated heterocycles. The summed E-state index contributed by atoms with van der Waals surface area (Å²) in [5.41, 5.74) is 1.46. The Morgan fingerprint density at radius 3 is 2.88 bits per heavy atom. The number of nitrogens with one attached hydrogen (secondary N) is 1. The number of halogens is 2. The van der Waals surface area contributed by atoms with Crippen molar-refractivity contribution in [2.24, 2.45) is 0 Å². The predicted octanol–water partition coefficient (Wildman–Crippen LogP) is 3.30. The summed E-state index contributed by atoms with van der Waals surface area (Å²) in [4.78, 5) is 8.23. The molecule has 1 aromatic carbocycles. The third-order valence-electron chi connectivity index (χ3n) is 2.25. The van der Waals surface area contributed by atoms with Crippen LogP contribution in [0.4, 0.5) is 10.3 Å². The fourth-order valence-electron chi connectivity index (χ4n) is 1.37. The molecule has 1 heterocycles. The monoisotopic (exact) mass is 295 g/mol. The molecule has 2 aromatic rings. The minimum atomic E-state index is -0.250. The minimum Gasteiger partial charge on any atom is -0.350 e. The summed E-state index contributed by atoms with van der Waals surface area (Å²) in [5.74, 6) is 0.256. The van der Waals surface area contributed by atoms with Crippen LogP contribution in [0.3, 0.4) is 0 Å². The number of benzene rings is 1. The summed E-state index contributed by atoms with van der Waals surface area (Å²) >= 11 is 3.22. The average molecular weight is 296 g/mol. The summed E-state index contributed by atoms with van der Waals surface area (Å²) in [6.07, 6.45) is 1.67. The summed E-state index contributed by atoms with van der Waals surface area (Å²) in [5, 5.41) is 2.98. The van der Waals surface area contributed by atoms with Crippen molar-refractivity contribution in [3.8, 4) is 0 Å². The van der Waals surface area contributed by atoms with Crippen molar-refractivity contribution in [2.75, 3.05) is 5.32 Å². The normalized spacial score (nSPS) is 10.3. The first-order valence-corrected chi connectivity index (χ1v) is 5.92. The molecule has 0 bridgehead atoms. The minimum absolute atomic E-state index is 0.250. The number of hydrogen-bond acceptors (Lipinski definition) is 3. The lowest BCUT2D eigenvalue weighted by atomic mass is 10.2. The molecular formula is C12H11BrFN3. The quantitative estimate of drug-likeness (QED) is 0.944. The summed E-state index contributed by atoms with van der Waals surface area (Å²) in [6.45, 7) is 2.25. The van der Waals surface area contributed by atoms with Gasteiger partial charge in [-0.1, -0.05) is 22.0 Å². The molecule has 0 atom stereocenters. The fourth-order valence-corrected chi connectivity index (χ4v) is 1.71. The highest BCUT2D eigenvalue weighted by molar-refractivity contribution is 9.10. The Labute approximate surface area is 107 Å². The predicted molar refractivity (Wildman–Crippen MR) is 68.2 cm³/mol. The molecule has 0 fully saturated rings. The van der Waals surface area contributed by atoms with E-state index in [-0.39, 0.29) is 5.82 Å². The number of aryl methyl sites for hydroxylation is 1. The highest BCUT2D eigenvalue weighted by Crippen LogP contribution is 2.15. The molecule has 3 nitrogen and oxygen atoms in total. The van der Waals surface area contributed by atoms with Crippen LogP contribution in [0.25, 0.3) is 0 Å². The molecule has 88 valence electrons. The lowest BCUT2D eigenvalue weighted by Crippen LogP contribution is -2.05. The van der Waals surface area contributed by atoms with Gasteiger partial charge in [-0.2, -0.15) is 0 Å². The van der Waals surface area contributed by atoms with E-state index in [9.17, 15) is 4.39 Å². The molecule has 0 radical (unpaired) electrons. The second-order valence-corrected chi connectivity index (χ2v) is 4.53. The lowest BCUT2D eigenvalue weighted by Gasteiger charge is -2.06. The zero-order valence-corrected chi connectivity index (χ0v) is 10.8. The molecular weight excluding hydrogens is 285 g/mol. The average Bonchev–Trinajstić information content (AvgIpc) is 2.28. The first kappa shape index (κ1) is 12.0. The molecule has 0 amide bonds. The van der Waals surface area contributed by atoms with Gasteiger partial charge in [-0.15, -0.1) is 0 Å². The maximum absolute atomic E-state index is 13.5. The van der Waals surface area contributed by atoms with Gasteiger partial charge in [0.15, 0.2) is 0 Å². The van der Waals surface area contributed by atoms with Crippen molar-refractivity contribution >= 4 is 21.9 Å². The van der Waals surface area contributed by atoms with Crippen LogP contribution in [0, 0.1) is 12.7 Å². The largest absolute Gasteiger partial charge is 0.350 e. The molecule has 0 aliphatic rings. The number of aromatic nitrogens is 2. The number of hydrogen-bond donors (Lipinski definition) is 1. The van der Waals surface area contributed by atoms with Crippen molar-refractivity contribution < 1.29 is 4.39 Å². The molecule has 1 N–H and O–H groups in total. The molecule has 2 rings (SSSR count). The zero-order chi connectivity index (χ0) is 12.3. The van der Waals surface area contributed by atoms with Crippen LogP contribution in [0.5, 0.6) is 0 Å².